The number of carbonyl (C=O) groups is 1. The summed E-state index contributed by atoms with van der Waals surface area (Å²) in [6.07, 6.45) is 1.91. The maximum Gasteiger partial charge on any atom is 0.257 e. The SMILES string of the molecule is CCCN(CCC)C(=O)c1ccccc1OCc1ccc(C)cc1. The molecular formula is C21H27NO2. The van der Waals surface area contributed by atoms with Gasteiger partial charge in [0, 0.05) is 13.1 Å². The van der Waals surface area contributed by atoms with Gasteiger partial charge in [0.1, 0.15) is 12.4 Å². The van der Waals surface area contributed by atoms with Crippen molar-refractivity contribution in [1.29, 1.82) is 0 Å². The number of amides is 1. The van der Waals surface area contributed by atoms with Crippen LogP contribution in [0.15, 0.2) is 48.5 Å². The lowest BCUT2D eigenvalue weighted by Crippen LogP contribution is -2.32. The Morgan fingerprint density at radius 1 is 0.958 bits per heavy atom. The molecule has 0 saturated heterocycles. The molecule has 0 bridgehead atoms. The molecule has 2 rings (SSSR count). The van der Waals surface area contributed by atoms with E-state index in [0.717, 1.165) is 31.5 Å². The predicted molar refractivity (Wildman–Crippen MR) is 98.4 cm³/mol. The van der Waals surface area contributed by atoms with Gasteiger partial charge in [-0.3, -0.25) is 4.79 Å². The van der Waals surface area contributed by atoms with Crippen molar-refractivity contribution in [3.05, 3.63) is 65.2 Å². The molecule has 2 aromatic carbocycles. The van der Waals surface area contributed by atoms with E-state index in [2.05, 4.69) is 45.0 Å². The minimum atomic E-state index is 0.0539. The highest BCUT2D eigenvalue weighted by molar-refractivity contribution is 5.96. The van der Waals surface area contributed by atoms with Crippen LogP contribution in [0.1, 0.15) is 48.2 Å². The third-order valence-corrected chi connectivity index (χ3v) is 3.91. The number of hydrogen-bond donors (Lipinski definition) is 0. The Morgan fingerprint density at radius 3 is 2.21 bits per heavy atom. The Hall–Kier alpha value is -2.29. The average molecular weight is 325 g/mol. The highest BCUT2D eigenvalue weighted by Gasteiger charge is 2.18. The third kappa shape index (κ3) is 4.85. The molecule has 0 unspecified atom stereocenters. The number of para-hydroxylation sites is 1. The monoisotopic (exact) mass is 325 g/mol. The molecule has 0 fully saturated rings. The summed E-state index contributed by atoms with van der Waals surface area (Å²) in [6.45, 7) is 8.27. The molecule has 0 atom stereocenters. The summed E-state index contributed by atoms with van der Waals surface area (Å²) in [5, 5.41) is 0. The number of hydrogen-bond acceptors (Lipinski definition) is 2. The van der Waals surface area contributed by atoms with E-state index in [1.807, 2.05) is 29.2 Å². The maximum atomic E-state index is 12.8. The third-order valence-electron chi connectivity index (χ3n) is 3.91. The fraction of sp³-hybridized carbons (Fsp3) is 0.381. The zero-order valence-electron chi connectivity index (χ0n) is 14.9. The highest BCUT2D eigenvalue weighted by atomic mass is 16.5. The van der Waals surface area contributed by atoms with E-state index in [9.17, 15) is 4.79 Å². The van der Waals surface area contributed by atoms with Gasteiger partial charge in [-0.1, -0.05) is 55.8 Å². The zero-order valence-corrected chi connectivity index (χ0v) is 14.9. The lowest BCUT2D eigenvalue weighted by Gasteiger charge is -2.22. The van der Waals surface area contributed by atoms with Crippen LogP contribution >= 0.6 is 0 Å². The van der Waals surface area contributed by atoms with Gasteiger partial charge >= 0.3 is 0 Å². The largest absolute Gasteiger partial charge is 0.488 e. The molecule has 1 amide bonds. The molecule has 0 N–H and O–H groups in total. The second kappa shape index (κ2) is 9.11. The van der Waals surface area contributed by atoms with E-state index < -0.39 is 0 Å². The van der Waals surface area contributed by atoms with E-state index in [4.69, 9.17) is 4.74 Å². The van der Waals surface area contributed by atoms with Crippen LogP contribution in [0, 0.1) is 6.92 Å². The molecule has 128 valence electrons. The molecule has 3 heteroatoms. The fourth-order valence-corrected chi connectivity index (χ4v) is 2.64. The van der Waals surface area contributed by atoms with Gasteiger partial charge in [-0.25, -0.2) is 0 Å². The molecule has 0 aliphatic rings. The van der Waals surface area contributed by atoms with Crippen LogP contribution in [0.5, 0.6) is 5.75 Å². The summed E-state index contributed by atoms with van der Waals surface area (Å²) in [5.74, 6) is 0.707. The summed E-state index contributed by atoms with van der Waals surface area (Å²) < 4.78 is 5.94. The van der Waals surface area contributed by atoms with Gasteiger partial charge in [-0.05, 0) is 37.5 Å². The smallest absolute Gasteiger partial charge is 0.257 e. The second-order valence-electron chi connectivity index (χ2n) is 6.06. The van der Waals surface area contributed by atoms with Gasteiger partial charge in [-0.2, -0.15) is 0 Å². The van der Waals surface area contributed by atoms with Gasteiger partial charge in [0.25, 0.3) is 5.91 Å². The number of aryl methyl sites for hydroxylation is 1. The minimum Gasteiger partial charge on any atom is -0.488 e. The lowest BCUT2D eigenvalue weighted by molar-refractivity contribution is 0.0750. The number of carbonyl (C=O) groups excluding carboxylic acids is 1. The van der Waals surface area contributed by atoms with Crippen molar-refractivity contribution in [2.45, 2.75) is 40.2 Å². The van der Waals surface area contributed by atoms with Crippen LogP contribution in [-0.4, -0.2) is 23.9 Å². The summed E-state index contributed by atoms with van der Waals surface area (Å²) in [4.78, 5) is 14.8. The minimum absolute atomic E-state index is 0.0539. The van der Waals surface area contributed by atoms with Crippen LogP contribution in [0.4, 0.5) is 0 Å². The number of rotatable bonds is 8. The zero-order chi connectivity index (χ0) is 17.4. The van der Waals surface area contributed by atoms with Gasteiger partial charge < -0.3 is 9.64 Å². The van der Waals surface area contributed by atoms with Crippen LogP contribution in [0.25, 0.3) is 0 Å². The van der Waals surface area contributed by atoms with Crippen LogP contribution in [-0.2, 0) is 6.61 Å². The van der Waals surface area contributed by atoms with E-state index >= 15 is 0 Å². The van der Waals surface area contributed by atoms with E-state index in [-0.39, 0.29) is 5.91 Å². The van der Waals surface area contributed by atoms with Crippen molar-refractivity contribution in [2.75, 3.05) is 13.1 Å². The maximum absolute atomic E-state index is 12.8. The first-order valence-electron chi connectivity index (χ1n) is 8.72. The average Bonchev–Trinajstić information content (AvgIpc) is 2.61. The first kappa shape index (κ1) is 18.1. The van der Waals surface area contributed by atoms with Crippen molar-refractivity contribution in [3.8, 4) is 5.75 Å². The van der Waals surface area contributed by atoms with E-state index in [1.165, 1.54) is 5.56 Å². The van der Waals surface area contributed by atoms with E-state index in [0.29, 0.717) is 17.9 Å². The Labute approximate surface area is 145 Å². The van der Waals surface area contributed by atoms with Crippen molar-refractivity contribution in [1.82, 2.24) is 4.90 Å². The standard InChI is InChI=1S/C21H27NO2/c1-4-14-22(15-5-2)21(23)19-8-6-7-9-20(19)24-16-18-12-10-17(3)11-13-18/h6-13H,4-5,14-16H2,1-3H3. The molecule has 0 heterocycles. The molecule has 0 aliphatic carbocycles. The molecule has 0 aliphatic heterocycles. The van der Waals surface area contributed by atoms with E-state index in [1.54, 1.807) is 0 Å². The van der Waals surface area contributed by atoms with Crippen molar-refractivity contribution in [2.24, 2.45) is 0 Å². The number of ether oxygens (including phenoxy) is 1. The molecule has 0 spiro atoms. The Kier molecular flexibility index (Phi) is 6.86. The van der Waals surface area contributed by atoms with Gasteiger partial charge in [0.15, 0.2) is 0 Å². The summed E-state index contributed by atoms with van der Waals surface area (Å²) >= 11 is 0. The van der Waals surface area contributed by atoms with Crippen LogP contribution in [0.2, 0.25) is 0 Å². The van der Waals surface area contributed by atoms with Crippen molar-refractivity contribution in [3.63, 3.8) is 0 Å². The van der Waals surface area contributed by atoms with Crippen molar-refractivity contribution >= 4 is 5.91 Å². The second-order valence-corrected chi connectivity index (χ2v) is 6.06. The summed E-state index contributed by atoms with van der Waals surface area (Å²) in [5.41, 5.74) is 2.97. The Bertz CT molecular complexity index is 643. The lowest BCUT2D eigenvalue weighted by atomic mass is 10.1. The van der Waals surface area contributed by atoms with Crippen LogP contribution in [0.3, 0.4) is 0 Å². The molecule has 0 aromatic heterocycles. The van der Waals surface area contributed by atoms with Gasteiger partial charge in [0.05, 0.1) is 5.56 Å². The predicted octanol–water partition coefficient (Wildman–Crippen LogP) is 4.84. The van der Waals surface area contributed by atoms with Crippen LogP contribution < -0.4 is 4.74 Å². The molecular weight excluding hydrogens is 298 g/mol. The molecule has 0 saturated carbocycles. The fourth-order valence-electron chi connectivity index (χ4n) is 2.64. The van der Waals surface area contributed by atoms with Gasteiger partial charge in [-0.15, -0.1) is 0 Å². The normalized spacial score (nSPS) is 10.5. The summed E-state index contributed by atoms with van der Waals surface area (Å²) in [6, 6.07) is 15.8. The summed E-state index contributed by atoms with van der Waals surface area (Å²) in [7, 11) is 0. The van der Waals surface area contributed by atoms with Gasteiger partial charge in [0.2, 0.25) is 0 Å². The van der Waals surface area contributed by atoms with Crippen molar-refractivity contribution < 1.29 is 9.53 Å². The number of benzene rings is 2. The Morgan fingerprint density at radius 2 is 1.58 bits per heavy atom. The molecule has 3 nitrogen and oxygen atoms in total. The quantitative estimate of drug-likeness (QED) is 0.695. The Balaban J connectivity index is 2.13. The first-order valence-corrected chi connectivity index (χ1v) is 8.72. The topological polar surface area (TPSA) is 29.5 Å². The highest BCUT2D eigenvalue weighted by Crippen LogP contribution is 2.21. The number of nitrogens with zero attached hydrogens (tertiary/aromatic N) is 1. The first-order chi connectivity index (χ1) is 11.7. The molecule has 0 radical (unpaired) electrons. The molecule has 24 heavy (non-hydrogen) atoms. The molecule has 2 aromatic rings.